The van der Waals surface area contributed by atoms with Crippen molar-refractivity contribution >= 4 is 22.8 Å². The molecule has 0 atom stereocenters. The van der Waals surface area contributed by atoms with Gasteiger partial charge >= 0.3 is 0 Å². The van der Waals surface area contributed by atoms with E-state index in [1.165, 1.54) is 0 Å². The summed E-state index contributed by atoms with van der Waals surface area (Å²) in [5, 5.41) is 5.00. The zero-order valence-electron chi connectivity index (χ0n) is 13.6. The first-order valence-corrected chi connectivity index (χ1v) is 8.49. The Morgan fingerprint density at radius 3 is 2.74 bits per heavy atom. The quantitative estimate of drug-likeness (QED) is 0.519. The lowest BCUT2D eigenvalue weighted by Crippen LogP contribution is -2.11. The molecular formula is C17H20N4OS. The predicted octanol–water partition coefficient (Wildman–Crippen LogP) is 4.20. The third kappa shape index (κ3) is 3.32. The summed E-state index contributed by atoms with van der Waals surface area (Å²) in [6, 6.07) is 8.11. The molecule has 2 aromatic heterocycles. The van der Waals surface area contributed by atoms with Crippen molar-refractivity contribution in [2.45, 2.75) is 43.6 Å². The van der Waals surface area contributed by atoms with Crippen LogP contribution in [0.25, 0.3) is 11.0 Å². The minimum atomic E-state index is -0.133. The highest BCUT2D eigenvalue weighted by Gasteiger charge is 2.22. The van der Waals surface area contributed by atoms with Crippen molar-refractivity contribution in [3.05, 3.63) is 48.6 Å². The molecule has 1 aromatic carbocycles. The molecule has 0 bridgehead atoms. The van der Waals surface area contributed by atoms with E-state index in [2.05, 4.69) is 48.1 Å². The van der Waals surface area contributed by atoms with Gasteiger partial charge in [-0.15, -0.1) is 6.58 Å². The smallest absolute Gasteiger partial charge is 0.232 e. The van der Waals surface area contributed by atoms with Crippen LogP contribution in [0.1, 0.15) is 32.5 Å². The molecule has 0 fully saturated rings. The Balaban J connectivity index is 1.82. The second-order valence-electron chi connectivity index (χ2n) is 6.34. The summed E-state index contributed by atoms with van der Waals surface area (Å²) in [5.74, 6) is 1.98. The molecule has 0 saturated heterocycles. The Kier molecular flexibility index (Phi) is 4.26. The van der Waals surface area contributed by atoms with Crippen molar-refractivity contribution in [3.8, 4) is 0 Å². The maximum Gasteiger partial charge on any atom is 0.232 e. The molecular weight excluding hydrogens is 308 g/mol. The first-order valence-electron chi connectivity index (χ1n) is 7.51. The number of rotatable bonds is 5. The number of aromatic nitrogens is 4. The molecule has 0 unspecified atom stereocenters. The first-order chi connectivity index (χ1) is 11.0. The van der Waals surface area contributed by atoms with Gasteiger partial charge in [-0.05, 0) is 12.1 Å². The van der Waals surface area contributed by atoms with Crippen LogP contribution in [0.15, 0.2) is 46.6 Å². The summed E-state index contributed by atoms with van der Waals surface area (Å²) >= 11 is 1.61. The van der Waals surface area contributed by atoms with Crippen molar-refractivity contribution in [3.63, 3.8) is 0 Å². The van der Waals surface area contributed by atoms with Crippen LogP contribution in [-0.4, -0.2) is 19.7 Å². The molecule has 6 heteroatoms. The van der Waals surface area contributed by atoms with Gasteiger partial charge in [-0.2, -0.15) is 4.98 Å². The average molecular weight is 328 g/mol. The van der Waals surface area contributed by atoms with E-state index in [1.54, 1.807) is 11.8 Å². The summed E-state index contributed by atoms with van der Waals surface area (Å²) in [7, 11) is 0. The van der Waals surface area contributed by atoms with E-state index in [0.29, 0.717) is 17.5 Å². The summed E-state index contributed by atoms with van der Waals surface area (Å²) < 4.78 is 7.49. The minimum Gasteiger partial charge on any atom is -0.339 e. The standard InChI is InChI=1S/C17H20N4OS/c1-5-10-21-13-9-7-6-8-12(13)18-16(21)23-11-14-19-15(22-20-14)17(2,3)4/h5-9H,1,10-11H2,2-4H3. The van der Waals surface area contributed by atoms with E-state index >= 15 is 0 Å². The number of para-hydroxylation sites is 2. The SMILES string of the molecule is C=CCn1c(SCc2noc(C(C)(C)C)n2)nc2ccccc21. The zero-order valence-corrected chi connectivity index (χ0v) is 14.4. The van der Waals surface area contributed by atoms with E-state index in [4.69, 9.17) is 9.51 Å². The lowest BCUT2D eigenvalue weighted by Gasteiger charge is -2.10. The first kappa shape index (κ1) is 15.8. The Morgan fingerprint density at radius 1 is 1.26 bits per heavy atom. The normalized spacial score (nSPS) is 12.0. The Bertz CT molecular complexity index is 829. The van der Waals surface area contributed by atoms with Crippen molar-refractivity contribution in [2.24, 2.45) is 0 Å². The lowest BCUT2D eigenvalue weighted by atomic mass is 9.97. The van der Waals surface area contributed by atoms with Crippen LogP contribution in [0.3, 0.4) is 0 Å². The molecule has 2 heterocycles. The van der Waals surface area contributed by atoms with Crippen LogP contribution in [0, 0.1) is 0 Å². The second-order valence-corrected chi connectivity index (χ2v) is 7.28. The molecule has 0 saturated carbocycles. The van der Waals surface area contributed by atoms with Gasteiger partial charge in [0.05, 0.1) is 16.8 Å². The number of allylic oxidation sites excluding steroid dienone is 1. The number of benzene rings is 1. The highest BCUT2D eigenvalue weighted by molar-refractivity contribution is 7.98. The van der Waals surface area contributed by atoms with Crippen LogP contribution >= 0.6 is 11.8 Å². The van der Waals surface area contributed by atoms with Gasteiger partial charge in [0.1, 0.15) is 0 Å². The van der Waals surface area contributed by atoms with E-state index in [0.717, 1.165) is 22.7 Å². The monoisotopic (exact) mass is 328 g/mol. The lowest BCUT2D eigenvalue weighted by molar-refractivity contribution is 0.319. The van der Waals surface area contributed by atoms with Gasteiger partial charge in [0.25, 0.3) is 0 Å². The minimum absolute atomic E-state index is 0.133. The van der Waals surface area contributed by atoms with Crippen LogP contribution in [-0.2, 0) is 17.7 Å². The van der Waals surface area contributed by atoms with Crippen molar-refractivity contribution in [2.75, 3.05) is 0 Å². The Morgan fingerprint density at radius 2 is 2.04 bits per heavy atom. The van der Waals surface area contributed by atoms with E-state index < -0.39 is 0 Å². The van der Waals surface area contributed by atoms with Crippen molar-refractivity contribution in [1.29, 1.82) is 0 Å². The number of hydrogen-bond acceptors (Lipinski definition) is 5. The number of nitrogens with zero attached hydrogens (tertiary/aromatic N) is 4. The summed E-state index contributed by atoms with van der Waals surface area (Å²) in [6.07, 6.45) is 1.88. The molecule has 3 rings (SSSR count). The predicted molar refractivity (Wildman–Crippen MR) is 92.5 cm³/mol. The maximum atomic E-state index is 5.34. The summed E-state index contributed by atoms with van der Waals surface area (Å²) in [5.41, 5.74) is 1.96. The highest BCUT2D eigenvalue weighted by Crippen LogP contribution is 2.27. The van der Waals surface area contributed by atoms with E-state index in [1.807, 2.05) is 24.3 Å². The fourth-order valence-corrected chi connectivity index (χ4v) is 3.08. The largest absolute Gasteiger partial charge is 0.339 e. The van der Waals surface area contributed by atoms with Gasteiger partial charge in [0.15, 0.2) is 11.0 Å². The molecule has 0 amide bonds. The highest BCUT2D eigenvalue weighted by atomic mass is 32.2. The number of fused-ring (bicyclic) bond motifs is 1. The number of hydrogen-bond donors (Lipinski definition) is 0. The van der Waals surface area contributed by atoms with Crippen molar-refractivity contribution < 1.29 is 4.52 Å². The van der Waals surface area contributed by atoms with E-state index in [-0.39, 0.29) is 5.41 Å². The third-order valence-electron chi connectivity index (χ3n) is 3.37. The third-order valence-corrected chi connectivity index (χ3v) is 4.34. The molecule has 0 aliphatic carbocycles. The summed E-state index contributed by atoms with van der Waals surface area (Å²) in [4.78, 5) is 9.16. The Labute approximate surface area is 139 Å². The fourth-order valence-electron chi connectivity index (χ4n) is 2.22. The average Bonchev–Trinajstić information content (AvgIpc) is 3.10. The topological polar surface area (TPSA) is 56.7 Å². The van der Waals surface area contributed by atoms with Crippen LogP contribution in [0.5, 0.6) is 0 Å². The van der Waals surface area contributed by atoms with Gasteiger partial charge in [0.2, 0.25) is 5.89 Å². The van der Waals surface area contributed by atoms with Gasteiger partial charge in [-0.1, -0.05) is 55.9 Å². The molecule has 0 spiro atoms. The van der Waals surface area contributed by atoms with Crippen molar-refractivity contribution in [1.82, 2.24) is 19.7 Å². The zero-order chi connectivity index (χ0) is 16.4. The van der Waals surface area contributed by atoms with E-state index in [9.17, 15) is 0 Å². The van der Waals surface area contributed by atoms with Crippen LogP contribution in [0.2, 0.25) is 0 Å². The maximum absolute atomic E-state index is 5.34. The molecule has 0 aliphatic rings. The fraction of sp³-hybridized carbons (Fsp3) is 0.353. The molecule has 0 N–H and O–H groups in total. The number of imidazole rings is 1. The molecule has 23 heavy (non-hydrogen) atoms. The Hall–Kier alpha value is -2.08. The molecule has 0 radical (unpaired) electrons. The van der Waals surface area contributed by atoms with Crippen LogP contribution < -0.4 is 0 Å². The van der Waals surface area contributed by atoms with Gasteiger partial charge in [-0.25, -0.2) is 4.98 Å². The molecule has 3 aromatic rings. The van der Waals surface area contributed by atoms with Gasteiger partial charge in [-0.3, -0.25) is 0 Å². The molecule has 120 valence electrons. The molecule has 0 aliphatic heterocycles. The van der Waals surface area contributed by atoms with Crippen LogP contribution in [0.4, 0.5) is 0 Å². The second kappa shape index (κ2) is 6.20. The van der Waals surface area contributed by atoms with Gasteiger partial charge in [0, 0.05) is 12.0 Å². The summed E-state index contributed by atoms with van der Waals surface area (Å²) in [6.45, 7) is 10.7. The molecule has 5 nitrogen and oxygen atoms in total. The van der Waals surface area contributed by atoms with Gasteiger partial charge < -0.3 is 9.09 Å². The number of thioether (sulfide) groups is 1.